The first-order valence-corrected chi connectivity index (χ1v) is 11.2. The first kappa shape index (κ1) is 22.0. The van der Waals surface area contributed by atoms with Crippen molar-refractivity contribution in [3.05, 3.63) is 66.7 Å². The number of imidazole rings is 1. The lowest BCUT2D eigenvalue weighted by atomic mass is 10.2. The van der Waals surface area contributed by atoms with Crippen LogP contribution in [0.4, 0.5) is 5.82 Å². The van der Waals surface area contributed by atoms with Crippen molar-refractivity contribution in [1.82, 2.24) is 14.5 Å². The average Bonchev–Trinajstić information content (AvgIpc) is 3.40. The number of halogens is 3. The van der Waals surface area contributed by atoms with Gasteiger partial charge in [0.05, 0.1) is 24.0 Å². The minimum Gasteiger partial charge on any atom is -0.459 e. The fourth-order valence-corrected chi connectivity index (χ4v) is 3.80. The average molecular weight is 504 g/mol. The number of carbonyl (C=O) groups is 1. The number of amides is 1. The number of hydrogen-bond acceptors (Lipinski definition) is 5. The number of nitrogens with one attached hydrogen (secondary N) is 1. The Hall–Kier alpha value is -2.84. The predicted octanol–water partition coefficient (Wildman–Crippen LogP) is 5.86. The van der Waals surface area contributed by atoms with Gasteiger partial charge in [-0.15, -0.1) is 0 Å². The van der Waals surface area contributed by atoms with Gasteiger partial charge in [0.1, 0.15) is 23.5 Å². The van der Waals surface area contributed by atoms with Crippen LogP contribution in [0.15, 0.2) is 65.3 Å². The number of aromatic nitrogens is 3. The summed E-state index contributed by atoms with van der Waals surface area (Å²) in [5, 5.41) is 4.49. The van der Waals surface area contributed by atoms with Crippen LogP contribution in [0.25, 0.3) is 32.9 Å². The second-order valence-corrected chi connectivity index (χ2v) is 9.65. The van der Waals surface area contributed by atoms with Gasteiger partial charge in [0.25, 0.3) is 9.70 Å². The van der Waals surface area contributed by atoms with Gasteiger partial charge >= 0.3 is 0 Å². The monoisotopic (exact) mass is 502 g/mol. The van der Waals surface area contributed by atoms with E-state index in [4.69, 9.17) is 44.0 Å². The summed E-state index contributed by atoms with van der Waals surface area (Å²) in [6.45, 7) is 1.31. The third kappa shape index (κ3) is 4.50. The molecule has 1 N–H and O–H groups in total. The van der Waals surface area contributed by atoms with Gasteiger partial charge in [0.2, 0.25) is 0 Å². The Morgan fingerprint density at radius 3 is 2.73 bits per heavy atom. The molecule has 5 aromatic rings. The molecule has 0 spiro atoms. The van der Waals surface area contributed by atoms with E-state index in [1.807, 2.05) is 59.2 Å². The Labute approximate surface area is 203 Å². The predicted molar refractivity (Wildman–Crippen MR) is 130 cm³/mol. The molecule has 2 aromatic carbocycles. The van der Waals surface area contributed by atoms with Gasteiger partial charge in [-0.3, -0.25) is 4.79 Å². The lowest BCUT2D eigenvalue weighted by molar-refractivity contribution is -0.115. The van der Waals surface area contributed by atoms with Crippen LogP contribution in [0.1, 0.15) is 5.76 Å². The molecule has 7 nitrogen and oxygen atoms in total. The number of para-hydroxylation sites is 2. The van der Waals surface area contributed by atoms with E-state index in [1.54, 1.807) is 6.33 Å². The number of nitrogens with zero attached hydrogens (tertiary/aromatic N) is 3. The highest BCUT2D eigenvalue weighted by Gasteiger charge is 2.31. The number of anilines is 1. The Bertz CT molecular complexity index is 1440. The standard InChI is InChI=1S/C23H17Cl3N4O3/c24-23(25,26)22(31)29-21-19-20(16-6-2-3-7-17(16)28-21)30(13-27-19)9-10-32-12-15-11-14-5-1-4-8-18(14)33-15/h1-8,11,13H,9-10,12H2,(H,28,29,31). The normalized spacial score (nSPS) is 12.1. The van der Waals surface area contributed by atoms with Gasteiger partial charge in [-0.2, -0.15) is 0 Å². The van der Waals surface area contributed by atoms with Gasteiger partial charge in [-0.05, 0) is 18.2 Å². The molecule has 3 aromatic heterocycles. The molecular formula is C23H17Cl3N4O3. The molecule has 1 amide bonds. The van der Waals surface area contributed by atoms with Crippen LogP contribution in [-0.2, 0) is 22.7 Å². The third-order valence-electron chi connectivity index (χ3n) is 5.14. The summed E-state index contributed by atoms with van der Waals surface area (Å²) in [6, 6.07) is 17.4. The van der Waals surface area contributed by atoms with E-state index in [0.717, 1.165) is 27.6 Å². The molecule has 5 rings (SSSR count). The van der Waals surface area contributed by atoms with E-state index in [-0.39, 0.29) is 5.82 Å². The van der Waals surface area contributed by atoms with Crippen LogP contribution in [0.2, 0.25) is 0 Å². The molecule has 0 aliphatic carbocycles. The van der Waals surface area contributed by atoms with E-state index in [9.17, 15) is 4.79 Å². The number of pyridine rings is 1. The highest BCUT2D eigenvalue weighted by Crippen LogP contribution is 2.32. The van der Waals surface area contributed by atoms with Crippen molar-refractivity contribution < 1.29 is 13.9 Å². The molecule has 0 unspecified atom stereocenters. The van der Waals surface area contributed by atoms with Crippen molar-refractivity contribution in [2.45, 2.75) is 16.9 Å². The van der Waals surface area contributed by atoms with Gasteiger partial charge in [-0.25, -0.2) is 9.97 Å². The SMILES string of the molecule is O=C(Nc1nc2ccccc2c2c1ncn2CCOCc1cc2ccccc2o1)C(Cl)(Cl)Cl. The molecule has 10 heteroatoms. The molecule has 0 atom stereocenters. The number of alkyl halides is 3. The summed E-state index contributed by atoms with van der Waals surface area (Å²) in [6.07, 6.45) is 1.67. The Kier molecular flexibility index (Phi) is 5.88. The van der Waals surface area contributed by atoms with Crippen molar-refractivity contribution in [3.8, 4) is 0 Å². The number of furan rings is 1. The molecule has 168 valence electrons. The lowest BCUT2D eigenvalue weighted by Crippen LogP contribution is -2.27. The number of hydrogen-bond donors (Lipinski definition) is 1. The number of rotatable bonds is 6. The van der Waals surface area contributed by atoms with E-state index >= 15 is 0 Å². The maximum Gasteiger partial charge on any atom is 0.277 e. The molecule has 0 aliphatic heterocycles. The zero-order chi connectivity index (χ0) is 23.0. The van der Waals surface area contributed by atoms with Crippen LogP contribution in [0, 0.1) is 0 Å². The summed E-state index contributed by atoms with van der Waals surface area (Å²) < 4.78 is 11.5. The zero-order valence-corrected chi connectivity index (χ0v) is 19.4. The zero-order valence-electron chi connectivity index (χ0n) is 17.1. The highest BCUT2D eigenvalue weighted by molar-refractivity contribution is 6.76. The first-order chi connectivity index (χ1) is 15.9. The molecule has 0 bridgehead atoms. The second-order valence-electron chi connectivity index (χ2n) is 7.37. The minimum absolute atomic E-state index is 0.224. The van der Waals surface area contributed by atoms with Crippen LogP contribution in [0.3, 0.4) is 0 Å². The van der Waals surface area contributed by atoms with Crippen molar-refractivity contribution in [2.24, 2.45) is 0 Å². The van der Waals surface area contributed by atoms with E-state index in [0.29, 0.717) is 30.8 Å². The Morgan fingerprint density at radius 2 is 1.91 bits per heavy atom. The highest BCUT2D eigenvalue weighted by atomic mass is 35.6. The number of ether oxygens (including phenoxy) is 1. The molecule has 3 heterocycles. The van der Waals surface area contributed by atoms with Crippen LogP contribution >= 0.6 is 34.8 Å². The third-order valence-corrected chi connectivity index (χ3v) is 5.66. The van der Waals surface area contributed by atoms with Crippen molar-refractivity contribution >= 4 is 79.4 Å². The van der Waals surface area contributed by atoms with Gasteiger partial charge in [-0.1, -0.05) is 71.2 Å². The minimum atomic E-state index is -2.12. The fraction of sp³-hybridized carbons (Fsp3) is 0.174. The molecule has 0 saturated carbocycles. The van der Waals surface area contributed by atoms with Crippen molar-refractivity contribution in [2.75, 3.05) is 11.9 Å². The fourth-order valence-electron chi connectivity index (χ4n) is 3.66. The molecule has 0 saturated heterocycles. The Morgan fingerprint density at radius 1 is 1.12 bits per heavy atom. The molecular weight excluding hydrogens is 487 g/mol. The summed E-state index contributed by atoms with van der Waals surface area (Å²) in [7, 11) is 0. The van der Waals surface area contributed by atoms with Crippen LogP contribution in [-0.4, -0.2) is 30.8 Å². The summed E-state index contributed by atoms with van der Waals surface area (Å²) in [5.41, 5.74) is 2.80. The molecule has 0 radical (unpaired) electrons. The summed E-state index contributed by atoms with van der Waals surface area (Å²) >= 11 is 17.1. The number of benzene rings is 2. The van der Waals surface area contributed by atoms with E-state index in [2.05, 4.69) is 15.3 Å². The smallest absolute Gasteiger partial charge is 0.277 e. The first-order valence-electron chi connectivity index (χ1n) is 10.1. The molecule has 33 heavy (non-hydrogen) atoms. The van der Waals surface area contributed by atoms with Gasteiger partial charge in [0, 0.05) is 17.3 Å². The maximum absolute atomic E-state index is 12.2. The topological polar surface area (TPSA) is 82.2 Å². The molecule has 0 aliphatic rings. The second kappa shape index (κ2) is 8.83. The van der Waals surface area contributed by atoms with Gasteiger partial charge in [0.15, 0.2) is 5.82 Å². The number of carbonyl (C=O) groups excluding carboxylic acids is 1. The van der Waals surface area contributed by atoms with Crippen LogP contribution in [0.5, 0.6) is 0 Å². The largest absolute Gasteiger partial charge is 0.459 e. The van der Waals surface area contributed by atoms with E-state index in [1.165, 1.54) is 0 Å². The molecule has 0 fully saturated rings. The Balaban J connectivity index is 1.38. The summed E-state index contributed by atoms with van der Waals surface area (Å²) in [4.78, 5) is 21.2. The number of fused-ring (bicyclic) bond motifs is 4. The maximum atomic E-state index is 12.2. The van der Waals surface area contributed by atoms with Crippen LogP contribution < -0.4 is 5.32 Å². The van der Waals surface area contributed by atoms with Crippen molar-refractivity contribution in [3.63, 3.8) is 0 Å². The summed E-state index contributed by atoms with van der Waals surface area (Å²) in [5.74, 6) is 0.181. The lowest BCUT2D eigenvalue weighted by Gasteiger charge is -2.13. The van der Waals surface area contributed by atoms with E-state index < -0.39 is 9.70 Å². The van der Waals surface area contributed by atoms with Crippen molar-refractivity contribution in [1.29, 1.82) is 0 Å². The quantitative estimate of drug-likeness (QED) is 0.232. The van der Waals surface area contributed by atoms with Gasteiger partial charge < -0.3 is 19.0 Å².